The third-order valence-electron chi connectivity index (χ3n) is 7.00. The maximum absolute atomic E-state index is 14.4. The lowest BCUT2D eigenvalue weighted by Gasteiger charge is -2.34. The Kier molecular flexibility index (Phi) is 11.6. The summed E-state index contributed by atoms with van der Waals surface area (Å²) in [6.45, 7) is 3.39. The van der Waals surface area contributed by atoms with Gasteiger partial charge in [-0.15, -0.1) is 0 Å². The van der Waals surface area contributed by atoms with Crippen LogP contribution in [0.4, 0.5) is 10.1 Å². The number of anilines is 1. The lowest BCUT2D eigenvalue weighted by atomic mass is 10.0. The average Bonchev–Trinajstić information content (AvgIpc) is 3.03. The van der Waals surface area contributed by atoms with Crippen molar-refractivity contribution in [3.63, 3.8) is 0 Å². The minimum Gasteiger partial charge on any atom is -0.492 e. The Balaban J connectivity index is 1.82. The zero-order valence-corrected chi connectivity index (χ0v) is 26.6. The third-order valence-corrected chi connectivity index (χ3v) is 9.03. The molecule has 0 saturated carbocycles. The molecule has 2 amide bonds. The first-order valence-electron chi connectivity index (χ1n) is 14.5. The lowest BCUT2D eigenvalue weighted by molar-refractivity contribution is -0.140. The van der Waals surface area contributed by atoms with Gasteiger partial charge in [0.25, 0.3) is 10.0 Å². The topological polar surface area (TPSA) is 96.0 Å². The smallest absolute Gasteiger partial charge is 0.264 e. The quantitative estimate of drug-likeness (QED) is 0.185. The summed E-state index contributed by atoms with van der Waals surface area (Å²) in [5, 5.41) is 3.16. The van der Waals surface area contributed by atoms with Gasteiger partial charge in [0.1, 0.15) is 24.2 Å². The molecule has 0 saturated heterocycles. The third kappa shape index (κ3) is 8.61. The van der Waals surface area contributed by atoms with Gasteiger partial charge in [-0.25, -0.2) is 12.8 Å². The molecule has 0 fully saturated rings. The highest BCUT2D eigenvalue weighted by atomic mass is 35.5. The van der Waals surface area contributed by atoms with Gasteiger partial charge >= 0.3 is 0 Å². The molecule has 0 unspecified atom stereocenters. The van der Waals surface area contributed by atoms with E-state index < -0.39 is 40.2 Å². The van der Waals surface area contributed by atoms with Crippen LogP contribution in [0.2, 0.25) is 5.02 Å². The van der Waals surface area contributed by atoms with E-state index in [1.807, 2.05) is 30.3 Å². The van der Waals surface area contributed by atoms with Crippen molar-refractivity contribution in [3.05, 3.63) is 125 Å². The molecular formula is C34H35ClFN3O5S. The second kappa shape index (κ2) is 15.5. The Morgan fingerprint density at radius 2 is 1.51 bits per heavy atom. The van der Waals surface area contributed by atoms with Crippen LogP contribution in [0.15, 0.2) is 108 Å². The first-order valence-corrected chi connectivity index (χ1v) is 16.3. The summed E-state index contributed by atoms with van der Waals surface area (Å²) in [6.07, 6.45) is 0.166. The zero-order valence-electron chi connectivity index (χ0n) is 25.0. The van der Waals surface area contributed by atoms with Gasteiger partial charge in [-0.2, -0.15) is 0 Å². The molecule has 4 aromatic carbocycles. The second-order valence-corrected chi connectivity index (χ2v) is 12.4. The van der Waals surface area contributed by atoms with Gasteiger partial charge in [0.2, 0.25) is 11.8 Å². The van der Waals surface area contributed by atoms with Crippen LogP contribution in [-0.2, 0) is 32.6 Å². The van der Waals surface area contributed by atoms with E-state index in [0.717, 1.165) is 9.87 Å². The van der Waals surface area contributed by atoms with Crippen LogP contribution in [0.25, 0.3) is 0 Å². The fraction of sp³-hybridized carbons (Fsp3) is 0.235. The number of rotatable bonds is 14. The van der Waals surface area contributed by atoms with E-state index in [9.17, 15) is 22.4 Å². The van der Waals surface area contributed by atoms with Gasteiger partial charge in [0, 0.05) is 24.5 Å². The number of amides is 2. The van der Waals surface area contributed by atoms with E-state index in [4.69, 9.17) is 16.3 Å². The summed E-state index contributed by atoms with van der Waals surface area (Å²) in [5.41, 5.74) is 1.52. The van der Waals surface area contributed by atoms with Crippen LogP contribution in [0.1, 0.15) is 25.0 Å². The van der Waals surface area contributed by atoms with Crippen LogP contribution in [-0.4, -0.2) is 50.9 Å². The molecule has 4 aromatic rings. The Labute approximate surface area is 268 Å². The standard InChI is InChI=1S/C34H35ClFN3O5S/c1-3-37-34(41)31(22-25-10-6-5-7-11-25)38(23-26-14-18-28(36)19-15-26)33(40)24-39(30-12-8-9-13-32(30)44-4-2)45(42,43)29-20-16-27(35)17-21-29/h5-21,31H,3-4,22-24H2,1-2H3,(H,37,41)/t31-/m1/s1. The molecule has 1 N–H and O–H groups in total. The van der Waals surface area contributed by atoms with E-state index in [1.165, 1.54) is 53.4 Å². The summed E-state index contributed by atoms with van der Waals surface area (Å²) in [4.78, 5) is 29.3. The molecule has 0 heterocycles. The highest BCUT2D eigenvalue weighted by Gasteiger charge is 2.35. The van der Waals surface area contributed by atoms with Crippen molar-refractivity contribution in [1.29, 1.82) is 0 Å². The van der Waals surface area contributed by atoms with Crippen LogP contribution in [0, 0.1) is 5.82 Å². The number of nitrogens with one attached hydrogen (secondary N) is 1. The molecule has 0 spiro atoms. The fourth-order valence-electron chi connectivity index (χ4n) is 4.82. The maximum Gasteiger partial charge on any atom is 0.264 e. The maximum atomic E-state index is 14.4. The molecule has 11 heteroatoms. The predicted molar refractivity (Wildman–Crippen MR) is 173 cm³/mol. The Bertz CT molecular complexity index is 1690. The number of sulfonamides is 1. The summed E-state index contributed by atoms with van der Waals surface area (Å²) in [5.74, 6) is -1.23. The number of para-hydroxylation sites is 2. The second-order valence-electron chi connectivity index (χ2n) is 10.1. The molecule has 1 atom stereocenters. The van der Waals surface area contributed by atoms with Crippen molar-refractivity contribution < 1.29 is 27.1 Å². The van der Waals surface area contributed by atoms with Crippen molar-refractivity contribution in [1.82, 2.24) is 10.2 Å². The Hall–Kier alpha value is -4.41. The summed E-state index contributed by atoms with van der Waals surface area (Å²) in [7, 11) is -4.34. The normalized spacial score (nSPS) is 11.8. The molecule has 0 aliphatic rings. The van der Waals surface area contributed by atoms with Gasteiger partial charge in [-0.05, 0) is 73.5 Å². The van der Waals surface area contributed by atoms with E-state index in [1.54, 1.807) is 38.1 Å². The van der Waals surface area contributed by atoms with Crippen molar-refractivity contribution in [3.8, 4) is 5.75 Å². The summed E-state index contributed by atoms with van der Waals surface area (Å²) >= 11 is 6.04. The van der Waals surface area contributed by atoms with Gasteiger partial charge in [-0.1, -0.05) is 66.2 Å². The van der Waals surface area contributed by atoms with E-state index in [2.05, 4.69) is 5.32 Å². The van der Waals surface area contributed by atoms with Crippen molar-refractivity contribution in [2.75, 3.05) is 24.0 Å². The van der Waals surface area contributed by atoms with Crippen molar-refractivity contribution >= 4 is 39.1 Å². The number of nitrogens with zero attached hydrogens (tertiary/aromatic N) is 2. The predicted octanol–water partition coefficient (Wildman–Crippen LogP) is 5.85. The molecule has 0 bridgehead atoms. The van der Waals surface area contributed by atoms with Crippen LogP contribution in [0.5, 0.6) is 5.75 Å². The van der Waals surface area contributed by atoms with Crippen LogP contribution in [0.3, 0.4) is 0 Å². The SMILES string of the molecule is CCNC(=O)[C@@H](Cc1ccccc1)N(Cc1ccc(F)cc1)C(=O)CN(c1ccccc1OCC)S(=O)(=O)c1ccc(Cl)cc1. The fourth-order valence-corrected chi connectivity index (χ4v) is 6.37. The van der Waals surface area contributed by atoms with Gasteiger partial charge in [-0.3, -0.25) is 13.9 Å². The number of halogens is 2. The first kappa shape index (κ1) is 33.5. The molecule has 236 valence electrons. The van der Waals surface area contributed by atoms with Crippen molar-refractivity contribution in [2.45, 2.75) is 37.8 Å². The highest BCUT2D eigenvalue weighted by Crippen LogP contribution is 2.33. The molecule has 4 rings (SSSR count). The Morgan fingerprint density at radius 1 is 0.867 bits per heavy atom. The van der Waals surface area contributed by atoms with Crippen molar-refractivity contribution in [2.24, 2.45) is 0 Å². The minimum atomic E-state index is -4.34. The average molecular weight is 652 g/mol. The van der Waals surface area contributed by atoms with E-state index in [-0.39, 0.29) is 35.9 Å². The monoisotopic (exact) mass is 651 g/mol. The minimum absolute atomic E-state index is 0.0737. The Morgan fingerprint density at radius 3 is 2.16 bits per heavy atom. The number of hydrogen-bond donors (Lipinski definition) is 1. The summed E-state index contributed by atoms with van der Waals surface area (Å²) in [6, 6.07) is 26.0. The largest absolute Gasteiger partial charge is 0.492 e. The van der Waals surface area contributed by atoms with E-state index >= 15 is 0 Å². The van der Waals surface area contributed by atoms with E-state index in [0.29, 0.717) is 17.1 Å². The van der Waals surface area contributed by atoms with Gasteiger partial charge in [0.05, 0.1) is 17.2 Å². The number of likely N-dealkylation sites (N-methyl/N-ethyl adjacent to an activating group) is 1. The first-order chi connectivity index (χ1) is 21.6. The number of carbonyl (C=O) groups excluding carboxylic acids is 2. The van der Waals surface area contributed by atoms with Gasteiger partial charge < -0.3 is 15.0 Å². The molecular weight excluding hydrogens is 617 g/mol. The van der Waals surface area contributed by atoms with Crippen LogP contribution >= 0.6 is 11.6 Å². The number of hydrogen-bond acceptors (Lipinski definition) is 5. The number of benzene rings is 4. The molecule has 0 radical (unpaired) electrons. The molecule has 45 heavy (non-hydrogen) atoms. The summed E-state index contributed by atoms with van der Waals surface area (Å²) < 4.78 is 48.9. The molecule has 0 aliphatic carbocycles. The lowest BCUT2D eigenvalue weighted by Crippen LogP contribution is -2.53. The zero-order chi connectivity index (χ0) is 32.4. The molecule has 0 aromatic heterocycles. The van der Waals surface area contributed by atoms with Gasteiger partial charge in [0.15, 0.2) is 0 Å². The molecule has 8 nitrogen and oxygen atoms in total. The number of ether oxygens (including phenoxy) is 1. The molecule has 0 aliphatic heterocycles. The highest BCUT2D eigenvalue weighted by molar-refractivity contribution is 7.92. The number of carbonyl (C=O) groups is 2. The van der Waals surface area contributed by atoms with Crippen LogP contribution < -0.4 is 14.4 Å².